The number of sulfonamides is 1. The number of aromatic nitrogens is 2. The topological polar surface area (TPSA) is 139 Å². The standard InChI is InChI=1S/C12H11BrFN5O5S/c1-25(21,22)15-4-5-23-12-10(18-24-19-12)11(17-20)16-7-2-3-9(14)8(13)6-7/h2-4,6,20H,5H2,1H3,(H,16,17). The highest BCUT2D eigenvalue weighted by molar-refractivity contribution is 9.10. The molecule has 0 saturated carbocycles. The van der Waals surface area contributed by atoms with Crippen molar-refractivity contribution in [1.82, 2.24) is 10.3 Å². The number of hydrogen-bond acceptors (Lipinski definition) is 8. The molecule has 0 aliphatic heterocycles. The molecule has 0 atom stereocenters. The number of amidine groups is 1. The third kappa shape index (κ3) is 5.49. The molecule has 0 amide bonds. The Morgan fingerprint density at radius 2 is 2.28 bits per heavy atom. The van der Waals surface area contributed by atoms with Crippen molar-refractivity contribution in [2.24, 2.45) is 9.55 Å². The third-order valence-corrected chi connectivity index (χ3v) is 3.67. The summed E-state index contributed by atoms with van der Waals surface area (Å²) in [7, 11) is -3.53. The molecule has 134 valence electrons. The Kier molecular flexibility index (Phi) is 6.03. The van der Waals surface area contributed by atoms with Gasteiger partial charge in [0.2, 0.25) is 21.6 Å². The molecular formula is C12H11BrFN5O5S. The monoisotopic (exact) mass is 435 g/mol. The maximum atomic E-state index is 13.2. The molecule has 0 aliphatic rings. The van der Waals surface area contributed by atoms with E-state index < -0.39 is 15.8 Å². The molecule has 1 heterocycles. The lowest BCUT2D eigenvalue weighted by molar-refractivity contribution is 0.275. The van der Waals surface area contributed by atoms with Gasteiger partial charge in [0, 0.05) is 5.69 Å². The number of nitrogens with zero attached hydrogens (tertiary/aromatic N) is 4. The van der Waals surface area contributed by atoms with E-state index in [2.05, 4.69) is 45.7 Å². The predicted octanol–water partition coefficient (Wildman–Crippen LogP) is 1.63. The van der Waals surface area contributed by atoms with E-state index in [0.29, 0.717) is 5.69 Å². The van der Waals surface area contributed by atoms with Crippen LogP contribution in [0.25, 0.3) is 0 Å². The van der Waals surface area contributed by atoms with Crippen LogP contribution >= 0.6 is 15.9 Å². The van der Waals surface area contributed by atoms with Crippen molar-refractivity contribution in [1.29, 1.82) is 0 Å². The molecule has 0 fully saturated rings. The fourth-order valence-corrected chi connectivity index (χ4v) is 2.25. The van der Waals surface area contributed by atoms with Gasteiger partial charge in [-0.05, 0) is 44.4 Å². The summed E-state index contributed by atoms with van der Waals surface area (Å²) < 4.78 is 48.1. The number of halogens is 2. The highest BCUT2D eigenvalue weighted by Crippen LogP contribution is 2.21. The molecule has 0 aliphatic carbocycles. The summed E-state index contributed by atoms with van der Waals surface area (Å²) in [5, 5.41) is 21.9. The number of oxime groups is 1. The van der Waals surface area contributed by atoms with Crippen LogP contribution in [-0.2, 0) is 10.0 Å². The molecule has 25 heavy (non-hydrogen) atoms. The summed E-state index contributed by atoms with van der Waals surface area (Å²) in [5.41, 5.74) is 0.296. The zero-order valence-corrected chi connectivity index (χ0v) is 15.0. The number of nitrogens with one attached hydrogen (secondary N) is 1. The van der Waals surface area contributed by atoms with Gasteiger partial charge in [-0.1, -0.05) is 5.16 Å². The van der Waals surface area contributed by atoms with Gasteiger partial charge in [0.15, 0.2) is 0 Å². The smallest absolute Gasteiger partial charge is 0.287 e. The number of rotatable bonds is 6. The molecule has 2 N–H and O–H groups in total. The molecule has 0 saturated heterocycles. The van der Waals surface area contributed by atoms with Crippen molar-refractivity contribution in [3.63, 3.8) is 0 Å². The van der Waals surface area contributed by atoms with Crippen LogP contribution in [0.5, 0.6) is 5.88 Å². The Bertz CT molecular complexity index is 914. The first-order valence-corrected chi connectivity index (χ1v) is 9.08. The molecule has 10 nitrogen and oxygen atoms in total. The normalized spacial score (nSPS) is 12.5. The molecule has 1 aromatic heterocycles. The summed E-state index contributed by atoms with van der Waals surface area (Å²) in [6.45, 7) is -0.241. The first-order valence-electron chi connectivity index (χ1n) is 6.44. The number of benzene rings is 1. The van der Waals surface area contributed by atoms with Crippen molar-refractivity contribution in [2.75, 3.05) is 18.2 Å². The van der Waals surface area contributed by atoms with E-state index in [1.54, 1.807) is 0 Å². The Balaban J connectivity index is 2.12. The van der Waals surface area contributed by atoms with Gasteiger partial charge in [0.05, 0.1) is 16.9 Å². The Hall–Kier alpha value is -2.54. The molecule has 1 aromatic carbocycles. The molecular weight excluding hydrogens is 425 g/mol. The third-order valence-electron chi connectivity index (χ3n) is 2.53. The highest BCUT2D eigenvalue weighted by Gasteiger charge is 2.19. The van der Waals surface area contributed by atoms with Gasteiger partial charge in [-0.2, -0.15) is 4.40 Å². The van der Waals surface area contributed by atoms with Crippen LogP contribution in [0.2, 0.25) is 0 Å². The number of hydrogen-bond donors (Lipinski definition) is 2. The molecule has 2 rings (SSSR count). The van der Waals surface area contributed by atoms with Crippen LogP contribution in [0, 0.1) is 5.82 Å². The van der Waals surface area contributed by atoms with Crippen molar-refractivity contribution >= 4 is 43.7 Å². The fourth-order valence-electron chi connectivity index (χ4n) is 1.54. The van der Waals surface area contributed by atoms with E-state index in [4.69, 9.17) is 9.94 Å². The van der Waals surface area contributed by atoms with Gasteiger partial charge in [-0.3, -0.25) is 0 Å². The van der Waals surface area contributed by atoms with Crippen LogP contribution < -0.4 is 10.1 Å². The van der Waals surface area contributed by atoms with Gasteiger partial charge >= 0.3 is 0 Å². The average molecular weight is 436 g/mol. The predicted molar refractivity (Wildman–Crippen MR) is 89.2 cm³/mol. The molecule has 0 unspecified atom stereocenters. The van der Waals surface area contributed by atoms with E-state index in [1.165, 1.54) is 18.2 Å². The van der Waals surface area contributed by atoms with Crippen LogP contribution in [0.3, 0.4) is 0 Å². The van der Waals surface area contributed by atoms with Crippen molar-refractivity contribution in [2.45, 2.75) is 0 Å². The number of ether oxygens (including phenoxy) is 1. The Labute approximate surface area is 149 Å². The average Bonchev–Trinajstić information content (AvgIpc) is 3.00. The van der Waals surface area contributed by atoms with E-state index in [1.807, 2.05) is 0 Å². The SMILES string of the molecule is CS(=O)(=O)N=CCOc1nonc1C(=NO)Nc1ccc(F)c(Br)c1. The second-order valence-corrected chi connectivity index (χ2v) is 6.98. The van der Waals surface area contributed by atoms with Gasteiger partial charge < -0.3 is 15.3 Å². The van der Waals surface area contributed by atoms with Gasteiger partial charge in [-0.25, -0.2) is 17.4 Å². The van der Waals surface area contributed by atoms with E-state index >= 15 is 0 Å². The lowest BCUT2D eigenvalue weighted by Gasteiger charge is -2.07. The summed E-state index contributed by atoms with van der Waals surface area (Å²) in [4.78, 5) is 0. The van der Waals surface area contributed by atoms with Crippen LogP contribution in [-0.4, -0.2) is 48.9 Å². The van der Waals surface area contributed by atoms with Crippen molar-refractivity contribution in [3.8, 4) is 5.88 Å². The van der Waals surface area contributed by atoms with E-state index in [0.717, 1.165) is 12.5 Å². The second kappa shape index (κ2) is 8.02. The molecule has 2 aromatic rings. The lowest BCUT2D eigenvalue weighted by atomic mass is 10.3. The van der Waals surface area contributed by atoms with E-state index in [9.17, 15) is 12.8 Å². The van der Waals surface area contributed by atoms with Crippen molar-refractivity contribution < 1.29 is 27.4 Å². The second-order valence-electron chi connectivity index (χ2n) is 4.45. The van der Waals surface area contributed by atoms with Gasteiger partial charge in [0.1, 0.15) is 12.4 Å². The summed E-state index contributed by atoms with van der Waals surface area (Å²) >= 11 is 3.03. The molecule has 13 heteroatoms. The van der Waals surface area contributed by atoms with Crippen LogP contribution in [0.15, 0.2) is 36.9 Å². The largest absolute Gasteiger partial charge is 0.468 e. The lowest BCUT2D eigenvalue weighted by Crippen LogP contribution is -2.16. The number of anilines is 1. The summed E-state index contributed by atoms with van der Waals surface area (Å²) in [6.07, 6.45) is 1.93. The molecule has 0 radical (unpaired) electrons. The maximum absolute atomic E-state index is 13.2. The summed E-state index contributed by atoms with van der Waals surface area (Å²) in [5.74, 6) is -0.818. The highest BCUT2D eigenvalue weighted by atomic mass is 79.9. The maximum Gasteiger partial charge on any atom is 0.287 e. The van der Waals surface area contributed by atoms with Gasteiger partial charge in [0.25, 0.3) is 5.88 Å². The summed E-state index contributed by atoms with van der Waals surface area (Å²) in [6, 6.07) is 4.01. The quantitative estimate of drug-likeness (QED) is 0.302. The zero-order valence-electron chi connectivity index (χ0n) is 12.5. The van der Waals surface area contributed by atoms with Crippen LogP contribution in [0.1, 0.15) is 5.69 Å². The Morgan fingerprint density at radius 3 is 2.92 bits per heavy atom. The van der Waals surface area contributed by atoms with Crippen LogP contribution in [0.4, 0.5) is 10.1 Å². The first-order chi connectivity index (χ1) is 11.8. The zero-order chi connectivity index (χ0) is 18.4. The van der Waals surface area contributed by atoms with Gasteiger partial charge in [-0.15, -0.1) is 0 Å². The Morgan fingerprint density at radius 1 is 1.52 bits per heavy atom. The fraction of sp³-hybridized carbons (Fsp3) is 0.167. The minimum absolute atomic E-state index is 0.0873. The minimum atomic E-state index is -3.53. The molecule has 0 spiro atoms. The minimum Gasteiger partial charge on any atom is -0.468 e. The van der Waals surface area contributed by atoms with E-state index in [-0.39, 0.29) is 28.5 Å². The first kappa shape index (κ1) is 18.8. The molecule has 0 bridgehead atoms. The van der Waals surface area contributed by atoms with Crippen molar-refractivity contribution in [3.05, 3.63) is 34.2 Å².